The predicted octanol–water partition coefficient (Wildman–Crippen LogP) is 2.02. The summed E-state index contributed by atoms with van der Waals surface area (Å²) >= 11 is 0. The number of anilines is 1. The minimum absolute atomic E-state index is 0.782. The SMILES string of the molecule is c1ccc(NCc2ccc[nH]2)nc1. The molecule has 0 radical (unpaired) electrons. The van der Waals surface area contributed by atoms with Gasteiger partial charge in [0.15, 0.2) is 0 Å². The highest BCUT2D eigenvalue weighted by molar-refractivity contribution is 5.33. The molecule has 0 aliphatic heterocycles. The van der Waals surface area contributed by atoms with Crippen molar-refractivity contribution in [1.29, 1.82) is 0 Å². The van der Waals surface area contributed by atoms with Gasteiger partial charge in [-0.25, -0.2) is 4.98 Å². The molecule has 0 unspecified atom stereocenters. The lowest BCUT2D eigenvalue weighted by atomic mass is 10.4. The Kier molecular flexibility index (Phi) is 2.27. The monoisotopic (exact) mass is 173 g/mol. The van der Waals surface area contributed by atoms with E-state index in [1.807, 2.05) is 36.5 Å². The molecule has 0 bridgehead atoms. The van der Waals surface area contributed by atoms with Gasteiger partial charge in [-0.1, -0.05) is 6.07 Å². The summed E-state index contributed by atoms with van der Waals surface area (Å²) in [5.74, 6) is 0.900. The topological polar surface area (TPSA) is 40.7 Å². The van der Waals surface area contributed by atoms with E-state index in [1.165, 1.54) is 0 Å². The molecule has 3 heteroatoms. The number of hydrogen-bond acceptors (Lipinski definition) is 2. The summed E-state index contributed by atoms with van der Waals surface area (Å²) in [5, 5.41) is 3.20. The van der Waals surface area contributed by atoms with Crippen molar-refractivity contribution in [2.24, 2.45) is 0 Å². The molecular formula is C10H11N3. The molecule has 0 saturated heterocycles. The highest BCUT2D eigenvalue weighted by Gasteiger charge is 1.92. The first-order valence-electron chi connectivity index (χ1n) is 4.22. The Morgan fingerprint density at radius 1 is 1.23 bits per heavy atom. The quantitative estimate of drug-likeness (QED) is 0.745. The molecule has 0 fully saturated rings. The van der Waals surface area contributed by atoms with Crippen LogP contribution in [0, 0.1) is 0 Å². The van der Waals surface area contributed by atoms with Crippen molar-refractivity contribution in [1.82, 2.24) is 9.97 Å². The lowest BCUT2D eigenvalue weighted by Crippen LogP contribution is -2.00. The van der Waals surface area contributed by atoms with Gasteiger partial charge in [0.05, 0.1) is 6.54 Å². The van der Waals surface area contributed by atoms with E-state index < -0.39 is 0 Å². The number of hydrogen-bond donors (Lipinski definition) is 2. The van der Waals surface area contributed by atoms with Crippen molar-refractivity contribution in [2.75, 3.05) is 5.32 Å². The highest BCUT2D eigenvalue weighted by Crippen LogP contribution is 2.02. The Morgan fingerprint density at radius 3 is 2.92 bits per heavy atom. The zero-order chi connectivity index (χ0) is 8.93. The molecule has 0 aliphatic carbocycles. The zero-order valence-electron chi connectivity index (χ0n) is 7.20. The number of pyridine rings is 1. The first-order valence-corrected chi connectivity index (χ1v) is 4.22. The highest BCUT2D eigenvalue weighted by atomic mass is 15.0. The molecule has 3 nitrogen and oxygen atoms in total. The van der Waals surface area contributed by atoms with E-state index in [1.54, 1.807) is 6.20 Å². The first-order chi connectivity index (χ1) is 6.45. The molecule has 13 heavy (non-hydrogen) atoms. The number of nitrogens with one attached hydrogen (secondary N) is 2. The van der Waals surface area contributed by atoms with Crippen LogP contribution >= 0.6 is 0 Å². The molecule has 0 atom stereocenters. The third kappa shape index (κ3) is 2.08. The van der Waals surface area contributed by atoms with Crippen molar-refractivity contribution < 1.29 is 0 Å². The Hall–Kier alpha value is -1.77. The molecule has 2 N–H and O–H groups in total. The molecule has 0 amide bonds. The van der Waals surface area contributed by atoms with Gasteiger partial charge in [-0.05, 0) is 24.3 Å². The summed E-state index contributed by atoms with van der Waals surface area (Å²) in [6.45, 7) is 0.782. The van der Waals surface area contributed by atoms with Crippen LogP contribution in [0.1, 0.15) is 5.69 Å². The summed E-state index contributed by atoms with van der Waals surface area (Å²) in [5.41, 5.74) is 1.16. The van der Waals surface area contributed by atoms with Gasteiger partial charge in [-0.2, -0.15) is 0 Å². The minimum Gasteiger partial charge on any atom is -0.365 e. The van der Waals surface area contributed by atoms with Gasteiger partial charge < -0.3 is 10.3 Å². The third-order valence-electron chi connectivity index (χ3n) is 1.79. The van der Waals surface area contributed by atoms with E-state index in [0.29, 0.717) is 0 Å². The third-order valence-corrected chi connectivity index (χ3v) is 1.79. The lowest BCUT2D eigenvalue weighted by Gasteiger charge is -2.02. The van der Waals surface area contributed by atoms with Crippen LogP contribution in [0.4, 0.5) is 5.82 Å². The molecular weight excluding hydrogens is 162 g/mol. The van der Waals surface area contributed by atoms with E-state index in [2.05, 4.69) is 15.3 Å². The number of nitrogens with zero attached hydrogens (tertiary/aromatic N) is 1. The van der Waals surface area contributed by atoms with Crippen molar-refractivity contribution in [2.45, 2.75) is 6.54 Å². The Morgan fingerprint density at radius 2 is 2.23 bits per heavy atom. The normalized spacial score (nSPS) is 9.85. The second kappa shape index (κ2) is 3.76. The Balaban J connectivity index is 1.94. The molecule has 0 spiro atoms. The van der Waals surface area contributed by atoms with Crippen LogP contribution in [0.2, 0.25) is 0 Å². The fraction of sp³-hybridized carbons (Fsp3) is 0.100. The van der Waals surface area contributed by atoms with E-state index in [9.17, 15) is 0 Å². The summed E-state index contributed by atoms with van der Waals surface area (Å²) in [6.07, 6.45) is 3.69. The molecule has 0 aliphatic rings. The van der Waals surface area contributed by atoms with Crippen molar-refractivity contribution in [3.8, 4) is 0 Å². The van der Waals surface area contributed by atoms with Crippen LogP contribution in [0.25, 0.3) is 0 Å². The van der Waals surface area contributed by atoms with Crippen LogP contribution in [-0.4, -0.2) is 9.97 Å². The van der Waals surface area contributed by atoms with Crippen LogP contribution in [0.15, 0.2) is 42.7 Å². The standard InChI is InChI=1S/C10H11N3/c1-2-6-12-10(5-1)13-8-9-4-3-7-11-9/h1-7,11H,8H2,(H,12,13). The first kappa shape index (κ1) is 7.86. The molecule has 2 aromatic heterocycles. The Labute approximate surface area is 76.8 Å². The Bertz CT molecular complexity index is 340. The maximum absolute atomic E-state index is 4.15. The molecule has 66 valence electrons. The van der Waals surface area contributed by atoms with E-state index in [4.69, 9.17) is 0 Å². The van der Waals surface area contributed by atoms with E-state index >= 15 is 0 Å². The van der Waals surface area contributed by atoms with Crippen molar-refractivity contribution in [3.63, 3.8) is 0 Å². The largest absolute Gasteiger partial charge is 0.365 e. The van der Waals surface area contributed by atoms with Crippen LogP contribution < -0.4 is 5.32 Å². The fourth-order valence-corrected chi connectivity index (χ4v) is 1.13. The number of aromatic amines is 1. The summed E-state index contributed by atoms with van der Waals surface area (Å²) < 4.78 is 0. The average molecular weight is 173 g/mol. The summed E-state index contributed by atoms with van der Waals surface area (Å²) in [7, 11) is 0. The number of H-pyrrole nitrogens is 1. The van der Waals surface area contributed by atoms with Crippen LogP contribution in [-0.2, 0) is 6.54 Å². The van der Waals surface area contributed by atoms with E-state index in [0.717, 1.165) is 18.1 Å². The molecule has 2 aromatic rings. The molecule has 2 rings (SSSR count). The fourth-order valence-electron chi connectivity index (χ4n) is 1.13. The minimum atomic E-state index is 0.782. The van der Waals surface area contributed by atoms with E-state index in [-0.39, 0.29) is 0 Å². The number of aromatic nitrogens is 2. The maximum Gasteiger partial charge on any atom is 0.126 e. The van der Waals surface area contributed by atoms with Gasteiger partial charge in [0.1, 0.15) is 5.82 Å². The second-order valence-corrected chi connectivity index (χ2v) is 2.76. The summed E-state index contributed by atoms with van der Waals surface area (Å²) in [4.78, 5) is 7.27. The molecule has 2 heterocycles. The van der Waals surface area contributed by atoms with Gasteiger partial charge in [0, 0.05) is 18.1 Å². The average Bonchev–Trinajstić information content (AvgIpc) is 2.69. The van der Waals surface area contributed by atoms with Gasteiger partial charge >= 0.3 is 0 Å². The number of rotatable bonds is 3. The summed E-state index contributed by atoms with van der Waals surface area (Å²) in [6, 6.07) is 9.83. The van der Waals surface area contributed by atoms with Gasteiger partial charge in [0.25, 0.3) is 0 Å². The van der Waals surface area contributed by atoms with Crippen LogP contribution in [0.3, 0.4) is 0 Å². The maximum atomic E-state index is 4.15. The lowest BCUT2D eigenvalue weighted by molar-refractivity contribution is 1.05. The van der Waals surface area contributed by atoms with Gasteiger partial charge in [0.2, 0.25) is 0 Å². The van der Waals surface area contributed by atoms with Crippen molar-refractivity contribution in [3.05, 3.63) is 48.4 Å². The van der Waals surface area contributed by atoms with Gasteiger partial charge in [-0.15, -0.1) is 0 Å². The van der Waals surface area contributed by atoms with Crippen molar-refractivity contribution >= 4 is 5.82 Å². The predicted molar refractivity (Wildman–Crippen MR) is 52.4 cm³/mol. The smallest absolute Gasteiger partial charge is 0.126 e. The second-order valence-electron chi connectivity index (χ2n) is 2.76. The molecule has 0 aromatic carbocycles. The zero-order valence-corrected chi connectivity index (χ0v) is 7.20. The van der Waals surface area contributed by atoms with Gasteiger partial charge in [-0.3, -0.25) is 0 Å². The molecule has 0 saturated carbocycles. The van der Waals surface area contributed by atoms with Crippen LogP contribution in [0.5, 0.6) is 0 Å².